The van der Waals surface area contributed by atoms with Gasteiger partial charge < -0.3 is 14.6 Å². The van der Waals surface area contributed by atoms with Crippen LogP contribution in [0.5, 0.6) is 11.5 Å². The average molecular weight is 228 g/mol. The van der Waals surface area contributed by atoms with Crippen molar-refractivity contribution >= 4 is 6.29 Å². The molecular weight excluding hydrogens is 215 g/mol. The van der Waals surface area contributed by atoms with Gasteiger partial charge in [0.1, 0.15) is 6.61 Å². The summed E-state index contributed by atoms with van der Waals surface area (Å²) in [5.74, 6) is -0.660. The number of hydrogen-bond donors (Lipinski definition) is 1. The second kappa shape index (κ2) is 6.07. The van der Waals surface area contributed by atoms with Crippen molar-refractivity contribution in [1.82, 2.24) is 0 Å². The van der Waals surface area contributed by atoms with Gasteiger partial charge in [0, 0.05) is 0 Å². The van der Waals surface area contributed by atoms with Crippen molar-refractivity contribution in [3.63, 3.8) is 0 Å². The van der Waals surface area contributed by atoms with E-state index in [-0.39, 0.29) is 36.9 Å². The maximum Gasteiger partial charge on any atom is 0.197 e. The zero-order valence-electron chi connectivity index (χ0n) is 8.90. The van der Waals surface area contributed by atoms with Gasteiger partial charge in [0.2, 0.25) is 0 Å². The third-order valence-electron chi connectivity index (χ3n) is 1.86. The molecule has 0 aromatic heterocycles. The summed E-state index contributed by atoms with van der Waals surface area (Å²) in [4.78, 5) is 10.5. The van der Waals surface area contributed by atoms with Crippen molar-refractivity contribution in [2.45, 2.75) is 6.92 Å². The van der Waals surface area contributed by atoms with Crippen molar-refractivity contribution in [2.24, 2.45) is 0 Å². The van der Waals surface area contributed by atoms with Crippen molar-refractivity contribution in [1.29, 1.82) is 0 Å². The molecule has 16 heavy (non-hydrogen) atoms. The van der Waals surface area contributed by atoms with Gasteiger partial charge in [0.05, 0.1) is 18.8 Å². The summed E-state index contributed by atoms with van der Waals surface area (Å²) in [6.07, 6.45) is 0.410. The number of ether oxygens (including phenoxy) is 2. The van der Waals surface area contributed by atoms with Crippen LogP contribution in [0, 0.1) is 5.82 Å². The topological polar surface area (TPSA) is 55.8 Å². The highest BCUT2D eigenvalue weighted by Gasteiger charge is 2.15. The van der Waals surface area contributed by atoms with E-state index in [1.807, 2.05) is 0 Å². The number of hydrogen-bond acceptors (Lipinski definition) is 4. The Labute approximate surface area is 92.6 Å². The molecule has 0 unspecified atom stereocenters. The van der Waals surface area contributed by atoms with Crippen LogP contribution < -0.4 is 9.47 Å². The molecule has 0 aliphatic carbocycles. The third-order valence-corrected chi connectivity index (χ3v) is 1.86. The normalized spacial score (nSPS) is 9.94. The van der Waals surface area contributed by atoms with Crippen molar-refractivity contribution in [3.8, 4) is 11.5 Å². The fourth-order valence-corrected chi connectivity index (χ4v) is 1.19. The van der Waals surface area contributed by atoms with Gasteiger partial charge >= 0.3 is 0 Å². The van der Waals surface area contributed by atoms with E-state index in [0.29, 0.717) is 6.29 Å². The molecule has 0 bridgehead atoms. The molecule has 0 aliphatic rings. The molecule has 0 saturated carbocycles. The summed E-state index contributed by atoms with van der Waals surface area (Å²) < 4.78 is 23.8. The van der Waals surface area contributed by atoms with E-state index >= 15 is 0 Å². The zero-order valence-corrected chi connectivity index (χ0v) is 8.90. The summed E-state index contributed by atoms with van der Waals surface area (Å²) >= 11 is 0. The van der Waals surface area contributed by atoms with Gasteiger partial charge in [-0.2, -0.15) is 0 Å². The van der Waals surface area contributed by atoms with Crippen LogP contribution in [0.2, 0.25) is 0 Å². The number of rotatable bonds is 6. The number of aliphatic hydroxyl groups excluding tert-OH is 1. The zero-order chi connectivity index (χ0) is 12.0. The molecule has 1 aromatic rings. The molecule has 0 saturated heterocycles. The van der Waals surface area contributed by atoms with E-state index in [9.17, 15) is 9.18 Å². The second-order valence-electron chi connectivity index (χ2n) is 2.92. The van der Waals surface area contributed by atoms with E-state index in [0.717, 1.165) is 0 Å². The molecular formula is C11H13FO4. The minimum absolute atomic E-state index is 0.0416. The molecule has 1 aromatic carbocycles. The molecule has 0 spiro atoms. The quantitative estimate of drug-likeness (QED) is 0.748. The van der Waals surface area contributed by atoms with Gasteiger partial charge in [-0.3, -0.25) is 4.79 Å². The molecule has 0 heterocycles. The van der Waals surface area contributed by atoms with Crippen molar-refractivity contribution in [2.75, 3.05) is 19.8 Å². The van der Waals surface area contributed by atoms with Gasteiger partial charge in [0.25, 0.3) is 0 Å². The lowest BCUT2D eigenvalue weighted by Gasteiger charge is -2.12. The number of carbonyl (C=O) groups is 1. The lowest BCUT2D eigenvalue weighted by Crippen LogP contribution is -2.06. The van der Waals surface area contributed by atoms with Gasteiger partial charge in [-0.05, 0) is 19.1 Å². The fourth-order valence-electron chi connectivity index (χ4n) is 1.19. The first-order chi connectivity index (χ1) is 7.74. The van der Waals surface area contributed by atoms with Crippen LogP contribution >= 0.6 is 0 Å². The van der Waals surface area contributed by atoms with E-state index in [4.69, 9.17) is 14.6 Å². The minimum atomic E-state index is -0.743. The Kier molecular flexibility index (Phi) is 4.72. The van der Waals surface area contributed by atoms with Crippen molar-refractivity contribution in [3.05, 3.63) is 23.5 Å². The molecule has 0 aliphatic heterocycles. The predicted octanol–water partition coefficient (Wildman–Crippen LogP) is 1.41. The Bertz CT molecular complexity index is 365. The summed E-state index contributed by atoms with van der Waals surface area (Å²) in [7, 11) is 0. The monoisotopic (exact) mass is 228 g/mol. The maximum atomic E-state index is 13.6. The largest absolute Gasteiger partial charge is 0.487 e. The Morgan fingerprint density at radius 2 is 2.19 bits per heavy atom. The molecule has 0 radical (unpaired) electrons. The number of halogens is 1. The molecule has 0 amide bonds. The molecule has 0 fully saturated rings. The predicted molar refractivity (Wildman–Crippen MR) is 55.5 cm³/mol. The Hall–Kier alpha value is -1.62. The van der Waals surface area contributed by atoms with Gasteiger partial charge in [-0.1, -0.05) is 0 Å². The maximum absolute atomic E-state index is 13.6. The average Bonchev–Trinajstić information content (AvgIpc) is 2.30. The molecule has 4 nitrogen and oxygen atoms in total. The highest BCUT2D eigenvalue weighted by molar-refractivity contribution is 5.77. The smallest absolute Gasteiger partial charge is 0.197 e. The SMILES string of the molecule is CCOc1c(OCCO)ccc(C=O)c1F. The highest BCUT2D eigenvalue weighted by Crippen LogP contribution is 2.32. The van der Waals surface area contributed by atoms with Crippen LogP contribution in [-0.4, -0.2) is 31.2 Å². The van der Waals surface area contributed by atoms with Gasteiger partial charge in [-0.25, -0.2) is 4.39 Å². The van der Waals surface area contributed by atoms with Gasteiger partial charge in [0.15, 0.2) is 23.6 Å². The first-order valence-electron chi connectivity index (χ1n) is 4.88. The molecule has 0 atom stereocenters. The summed E-state index contributed by atoms with van der Waals surface area (Å²) in [6, 6.07) is 2.74. The van der Waals surface area contributed by atoms with Gasteiger partial charge in [-0.15, -0.1) is 0 Å². The van der Waals surface area contributed by atoms with E-state index in [1.54, 1.807) is 6.92 Å². The van der Waals surface area contributed by atoms with Crippen molar-refractivity contribution < 1.29 is 23.8 Å². The fraction of sp³-hybridized carbons (Fsp3) is 0.364. The standard InChI is InChI=1S/C11H13FO4/c1-2-15-11-9(16-6-5-13)4-3-8(7-14)10(11)12/h3-4,7,13H,2,5-6H2,1H3. The van der Waals surface area contributed by atoms with Crippen LogP contribution in [0.4, 0.5) is 4.39 Å². The van der Waals surface area contributed by atoms with Crippen LogP contribution in [-0.2, 0) is 0 Å². The number of benzene rings is 1. The summed E-state index contributed by atoms with van der Waals surface area (Å²) in [6.45, 7) is 1.82. The minimum Gasteiger partial charge on any atom is -0.487 e. The number of carbonyl (C=O) groups excluding carboxylic acids is 1. The summed E-state index contributed by atoms with van der Waals surface area (Å²) in [5, 5.41) is 8.60. The molecule has 88 valence electrons. The molecule has 1 rings (SSSR count). The van der Waals surface area contributed by atoms with E-state index < -0.39 is 5.82 Å². The van der Waals surface area contributed by atoms with E-state index in [1.165, 1.54) is 12.1 Å². The van der Waals surface area contributed by atoms with E-state index in [2.05, 4.69) is 0 Å². The van der Waals surface area contributed by atoms with Crippen LogP contribution in [0.3, 0.4) is 0 Å². The van der Waals surface area contributed by atoms with Crippen LogP contribution in [0.1, 0.15) is 17.3 Å². The third kappa shape index (κ3) is 2.70. The lowest BCUT2D eigenvalue weighted by molar-refractivity contribution is 0.111. The molecule has 1 N–H and O–H groups in total. The number of aldehydes is 1. The summed E-state index contributed by atoms with van der Waals surface area (Å²) in [5.41, 5.74) is -0.0835. The Morgan fingerprint density at radius 1 is 1.44 bits per heavy atom. The first kappa shape index (κ1) is 12.4. The number of aliphatic hydroxyl groups is 1. The van der Waals surface area contributed by atoms with Crippen LogP contribution in [0.15, 0.2) is 12.1 Å². The van der Waals surface area contributed by atoms with Crippen LogP contribution in [0.25, 0.3) is 0 Å². The second-order valence-corrected chi connectivity index (χ2v) is 2.92. The first-order valence-corrected chi connectivity index (χ1v) is 4.88. The Balaban J connectivity index is 3.06. The Morgan fingerprint density at radius 3 is 2.75 bits per heavy atom. The molecule has 5 heteroatoms. The lowest BCUT2D eigenvalue weighted by atomic mass is 10.2. The highest BCUT2D eigenvalue weighted by atomic mass is 19.1.